The summed E-state index contributed by atoms with van der Waals surface area (Å²) >= 11 is 5.93. The van der Waals surface area contributed by atoms with E-state index in [0.29, 0.717) is 12.2 Å². The van der Waals surface area contributed by atoms with Gasteiger partial charge in [0, 0.05) is 12.1 Å². The van der Waals surface area contributed by atoms with Crippen LogP contribution in [0.15, 0.2) is 41.0 Å². The molecule has 8 heteroatoms. The summed E-state index contributed by atoms with van der Waals surface area (Å²) in [5.74, 6) is 0.554. The maximum Gasteiger partial charge on any atom is 0.279 e. The van der Waals surface area contributed by atoms with Gasteiger partial charge in [-0.25, -0.2) is 0 Å². The molecule has 1 atom stereocenters. The topological polar surface area (TPSA) is 89.8 Å². The van der Waals surface area contributed by atoms with Crippen LogP contribution in [0.2, 0.25) is 5.02 Å². The molecule has 2 N–H and O–H groups in total. The third-order valence-electron chi connectivity index (χ3n) is 2.96. The van der Waals surface area contributed by atoms with Gasteiger partial charge in [0.1, 0.15) is 6.54 Å². The van der Waals surface area contributed by atoms with Gasteiger partial charge in [0.25, 0.3) is 11.6 Å². The number of amides is 1. The summed E-state index contributed by atoms with van der Waals surface area (Å²) in [5, 5.41) is 13.4. The zero-order valence-corrected chi connectivity index (χ0v) is 12.6. The van der Waals surface area contributed by atoms with Crippen LogP contribution >= 0.6 is 11.6 Å². The number of hydrogen-bond donors (Lipinski definition) is 2. The van der Waals surface area contributed by atoms with Crippen LogP contribution in [0.25, 0.3) is 0 Å². The van der Waals surface area contributed by atoms with Gasteiger partial charge in [-0.2, -0.15) is 0 Å². The van der Waals surface area contributed by atoms with E-state index in [1.54, 1.807) is 12.3 Å². The lowest BCUT2D eigenvalue weighted by atomic mass is 10.3. The van der Waals surface area contributed by atoms with Gasteiger partial charge in [0.05, 0.1) is 28.9 Å². The number of anilines is 1. The van der Waals surface area contributed by atoms with Crippen molar-refractivity contribution in [3.63, 3.8) is 0 Å². The van der Waals surface area contributed by atoms with Gasteiger partial charge in [-0.3, -0.25) is 14.9 Å². The fraction of sp³-hybridized carbons (Fsp3) is 0.214. The van der Waals surface area contributed by atoms with Crippen molar-refractivity contribution in [3.8, 4) is 0 Å². The lowest BCUT2D eigenvalue weighted by molar-refractivity contribution is -0.886. The molecular formula is C14H15ClN3O4+. The summed E-state index contributed by atoms with van der Waals surface area (Å²) in [6.07, 6.45) is 1.58. The van der Waals surface area contributed by atoms with Crippen LogP contribution in [0.3, 0.4) is 0 Å². The van der Waals surface area contributed by atoms with Crippen molar-refractivity contribution in [2.75, 3.05) is 18.9 Å². The van der Waals surface area contributed by atoms with Crippen molar-refractivity contribution in [2.45, 2.75) is 6.54 Å². The zero-order chi connectivity index (χ0) is 16.1. The Morgan fingerprint density at radius 3 is 2.82 bits per heavy atom. The predicted octanol–water partition coefficient (Wildman–Crippen LogP) is 1.49. The monoisotopic (exact) mass is 324 g/mol. The number of hydrogen-bond acceptors (Lipinski definition) is 4. The minimum atomic E-state index is -0.543. The minimum absolute atomic E-state index is 0.122. The quantitative estimate of drug-likeness (QED) is 0.622. The summed E-state index contributed by atoms with van der Waals surface area (Å²) in [6.45, 7) is 0.794. The summed E-state index contributed by atoms with van der Waals surface area (Å²) in [4.78, 5) is 23.0. The smallest absolute Gasteiger partial charge is 0.279 e. The SMILES string of the molecule is C[NH+](CC(=O)Nc1ccc([N+](=O)[O-])cc1Cl)Cc1ccco1. The molecule has 1 amide bonds. The molecule has 7 nitrogen and oxygen atoms in total. The zero-order valence-electron chi connectivity index (χ0n) is 11.8. The average Bonchev–Trinajstić information content (AvgIpc) is 2.93. The molecule has 0 radical (unpaired) electrons. The first-order valence-corrected chi connectivity index (χ1v) is 6.91. The lowest BCUT2D eigenvalue weighted by Crippen LogP contribution is -3.08. The molecule has 2 aromatic rings. The molecule has 1 unspecified atom stereocenters. The molecule has 1 heterocycles. The summed E-state index contributed by atoms with van der Waals surface area (Å²) < 4.78 is 5.22. The number of carbonyl (C=O) groups excluding carboxylic acids is 1. The number of benzene rings is 1. The molecule has 0 aliphatic heterocycles. The number of likely N-dealkylation sites (N-methyl/N-ethyl adjacent to an activating group) is 1. The number of nitrogens with zero attached hydrogens (tertiary/aromatic N) is 1. The number of carbonyl (C=O) groups is 1. The van der Waals surface area contributed by atoms with Crippen molar-refractivity contribution in [2.24, 2.45) is 0 Å². The van der Waals surface area contributed by atoms with E-state index in [2.05, 4.69) is 5.32 Å². The maximum atomic E-state index is 12.0. The first-order valence-electron chi connectivity index (χ1n) is 6.53. The highest BCUT2D eigenvalue weighted by atomic mass is 35.5. The largest absolute Gasteiger partial charge is 0.463 e. The van der Waals surface area contributed by atoms with E-state index >= 15 is 0 Å². The summed E-state index contributed by atoms with van der Waals surface area (Å²) in [7, 11) is 1.86. The normalized spacial score (nSPS) is 11.9. The van der Waals surface area contributed by atoms with Crippen LogP contribution in [0.4, 0.5) is 11.4 Å². The Morgan fingerprint density at radius 2 is 2.23 bits per heavy atom. The van der Waals surface area contributed by atoms with Crippen molar-refractivity contribution in [1.29, 1.82) is 0 Å². The number of rotatable bonds is 6. The van der Waals surface area contributed by atoms with Crippen molar-refractivity contribution in [1.82, 2.24) is 0 Å². The molecule has 0 saturated carbocycles. The molecule has 0 spiro atoms. The molecule has 0 fully saturated rings. The standard InChI is InChI=1S/C14H14ClN3O4/c1-17(8-11-3-2-6-22-11)9-14(19)16-13-5-4-10(18(20)21)7-12(13)15/h2-7H,8-9H2,1H3,(H,16,19)/p+1. The van der Waals surface area contributed by atoms with Crippen molar-refractivity contribution < 1.29 is 19.0 Å². The third kappa shape index (κ3) is 4.31. The van der Waals surface area contributed by atoms with Gasteiger partial charge < -0.3 is 14.6 Å². The predicted molar refractivity (Wildman–Crippen MR) is 80.9 cm³/mol. The molecule has 2 rings (SSSR count). The highest BCUT2D eigenvalue weighted by Gasteiger charge is 2.15. The molecule has 116 valence electrons. The van der Waals surface area contributed by atoms with Gasteiger partial charge in [-0.15, -0.1) is 0 Å². The number of halogens is 1. The molecule has 22 heavy (non-hydrogen) atoms. The van der Waals surface area contributed by atoms with Crippen LogP contribution < -0.4 is 10.2 Å². The average molecular weight is 325 g/mol. The van der Waals surface area contributed by atoms with Crippen LogP contribution in [0, 0.1) is 10.1 Å². The number of nitro groups is 1. The Balaban J connectivity index is 1.93. The summed E-state index contributed by atoms with van der Waals surface area (Å²) in [5.41, 5.74) is 0.228. The second-order valence-corrected chi connectivity index (χ2v) is 5.27. The highest BCUT2D eigenvalue weighted by molar-refractivity contribution is 6.33. The third-order valence-corrected chi connectivity index (χ3v) is 3.27. The van der Waals surface area contributed by atoms with Crippen LogP contribution in [0.1, 0.15) is 5.76 Å². The van der Waals surface area contributed by atoms with Gasteiger partial charge in [0.15, 0.2) is 12.3 Å². The molecule has 1 aromatic heterocycles. The van der Waals surface area contributed by atoms with Gasteiger partial charge in [0.2, 0.25) is 0 Å². The van der Waals surface area contributed by atoms with Crippen molar-refractivity contribution >= 4 is 28.9 Å². The number of nitrogens with one attached hydrogen (secondary N) is 2. The Hall–Kier alpha value is -2.38. The van der Waals surface area contributed by atoms with E-state index < -0.39 is 4.92 Å². The maximum absolute atomic E-state index is 12.0. The molecule has 0 bridgehead atoms. The summed E-state index contributed by atoms with van der Waals surface area (Å²) in [6, 6.07) is 7.55. The second kappa shape index (κ2) is 7.06. The van der Waals surface area contributed by atoms with E-state index in [9.17, 15) is 14.9 Å². The minimum Gasteiger partial charge on any atom is -0.463 e. The highest BCUT2D eigenvalue weighted by Crippen LogP contribution is 2.26. The Bertz CT molecular complexity index is 673. The van der Waals surface area contributed by atoms with E-state index in [0.717, 1.165) is 10.7 Å². The fourth-order valence-electron chi connectivity index (χ4n) is 1.96. The Kier molecular flexibility index (Phi) is 5.13. The van der Waals surface area contributed by atoms with Gasteiger partial charge in [-0.1, -0.05) is 11.6 Å². The fourth-order valence-corrected chi connectivity index (χ4v) is 2.18. The molecule has 0 saturated heterocycles. The van der Waals surface area contributed by atoms with Gasteiger partial charge in [-0.05, 0) is 18.2 Å². The first kappa shape index (κ1) is 16.0. The number of quaternary nitrogens is 1. The number of furan rings is 1. The van der Waals surface area contributed by atoms with Crippen LogP contribution in [-0.2, 0) is 11.3 Å². The Morgan fingerprint density at radius 1 is 1.45 bits per heavy atom. The number of non-ortho nitro benzene ring substituents is 1. The van der Waals surface area contributed by atoms with E-state index in [-0.39, 0.29) is 23.2 Å². The Labute approximate surface area is 131 Å². The van der Waals surface area contributed by atoms with E-state index in [4.69, 9.17) is 16.0 Å². The second-order valence-electron chi connectivity index (χ2n) is 4.86. The first-order chi connectivity index (χ1) is 10.5. The van der Waals surface area contributed by atoms with E-state index in [1.165, 1.54) is 18.2 Å². The molecule has 0 aliphatic rings. The van der Waals surface area contributed by atoms with Crippen LogP contribution in [-0.4, -0.2) is 24.4 Å². The van der Waals surface area contributed by atoms with Crippen molar-refractivity contribution in [3.05, 3.63) is 57.5 Å². The van der Waals surface area contributed by atoms with E-state index in [1.807, 2.05) is 13.1 Å². The van der Waals surface area contributed by atoms with Crippen LogP contribution in [0.5, 0.6) is 0 Å². The molecule has 0 aliphatic carbocycles. The molecule has 1 aromatic carbocycles. The molecular weight excluding hydrogens is 310 g/mol. The number of nitro benzene ring substituents is 1. The lowest BCUT2D eigenvalue weighted by Gasteiger charge is -2.13. The van der Waals surface area contributed by atoms with Gasteiger partial charge >= 0.3 is 0 Å².